The monoisotopic (exact) mass is 237 g/mol. The first-order chi connectivity index (χ1) is 7.63. The second kappa shape index (κ2) is 4.46. The fraction of sp³-hybridized carbons (Fsp3) is 0.462. The highest BCUT2D eigenvalue weighted by Gasteiger charge is 2.29. The minimum atomic E-state index is 0.300. The Hall–Kier alpha value is -1.02. The Balaban J connectivity index is 2.40. The average molecular weight is 238 g/mol. The largest absolute Gasteiger partial charge is 0.368 e. The van der Waals surface area contributed by atoms with Gasteiger partial charge in [0.2, 0.25) is 0 Å². The van der Waals surface area contributed by atoms with Gasteiger partial charge in [-0.25, -0.2) is 0 Å². The lowest BCUT2D eigenvalue weighted by atomic mass is 9.99. The number of carbonyl (C=O) groups is 1. The highest BCUT2D eigenvalue weighted by molar-refractivity contribution is 6.30. The number of aldehydes is 1. The van der Waals surface area contributed by atoms with E-state index in [1.165, 1.54) is 11.3 Å². The van der Waals surface area contributed by atoms with Crippen molar-refractivity contribution in [1.82, 2.24) is 0 Å². The van der Waals surface area contributed by atoms with Crippen LogP contribution in [0.3, 0.4) is 0 Å². The van der Waals surface area contributed by atoms with E-state index in [1.54, 1.807) is 0 Å². The van der Waals surface area contributed by atoms with Crippen LogP contribution in [0.15, 0.2) is 18.2 Å². The van der Waals surface area contributed by atoms with Crippen molar-refractivity contribution in [3.05, 3.63) is 28.8 Å². The predicted octanol–water partition coefficient (Wildman–Crippen LogP) is 3.24. The van der Waals surface area contributed by atoms with Crippen LogP contribution >= 0.6 is 11.6 Å². The molecule has 1 heterocycles. The van der Waals surface area contributed by atoms with E-state index in [2.05, 4.69) is 24.8 Å². The molecule has 1 atom stereocenters. The van der Waals surface area contributed by atoms with Gasteiger partial charge >= 0.3 is 0 Å². The molecule has 1 aliphatic rings. The maximum Gasteiger partial charge on any atom is 0.120 e. The summed E-state index contributed by atoms with van der Waals surface area (Å²) in [7, 11) is 0. The Morgan fingerprint density at radius 1 is 1.56 bits per heavy atom. The van der Waals surface area contributed by atoms with Crippen LogP contribution in [0.2, 0.25) is 5.02 Å². The molecule has 3 heteroatoms. The van der Waals surface area contributed by atoms with Crippen molar-refractivity contribution in [2.75, 3.05) is 11.4 Å². The van der Waals surface area contributed by atoms with Crippen LogP contribution in [0.25, 0.3) is 0 Å². The highest BCUT2D eigenvalue weighted by atomic mass is 35.5. The Kier molecular flexibility index (Phi) is 3.20. The summed E-state index contributed by atoms with van der Waals surface area (Å²) in [4.78, 5) is 13.0. The van der Waals surface area contributed by atoms with E-state index < -0.39 is 0 Å². The molecule has 1 aliphatic heterocycles. The minimum Gasteiger partial charge on any atom is -0.368 e. The summed E-state index contributed by atoms with van der Waals surface area (Å²) in [5, 5.41) is 0.750. The van der Waals surface area contributed by atoms with Crippen molar-refractivity contribution in [2.45, 2.75) is 32.2 Å². The van der Waals surface area contributed by atoms with E-state index in [0.717, 1.165) is 17.9 Å². The summed E-state index contributed by atoms with van der Waals surface area (Å²) in [5.41, 5.74) is 2.44. The van der Waals surface area contributed by atoms with Crippen molar-refractivity contribution < 1.29 is 4.79 Å². The van der Waals surface area contributed by atoms with Crippen LogP contribution < -0.4 is 4.90 Å². The third kappa shape index (κ3) is 1.94. The normalized spacial score (nSPS) is 19.0. The van der Waals surface area contributed by atoms with Gasteiger partial charge in [0, 0.05) is 35.6 Å². The molecule has 0 saturated heterocycles. The molecule has 1 aromatic rings. The van der Waals surface area contributed by atoms with Crippen LogP contribution in [0.4, 0.5) is 5.69 Å². The number of rotatable bonds is 3. The second-order valence-electron chi connectivity index (χ2n) is 4.55. The number of nitrogens with zero attached hydrogens (tertiary/aromatic N) is 1. The number of hydrogen-bond donors (Lipinski definition) is 0. The lowest BCUT2D eigenvalue weighted by Crippen LogP contribution is -2.29. The van der Waals surface area contributed by atoms with E-state index in [0.29, 0.717) is 18.4 Å². The lowest BCUT2D eigenvalue weighted by molar-refractivity contribution is -0.108. The van der Waals surface area contributed by atoms with Gasteiger partial charge in [0.15, 0.2) is 0 Å². The molecule has 16 heavy (non-hydrogen) atoms. The van der Waals surface area contributed by atoms with E-state index in [1.807, 2.05) is 12.1 Å². The van der Waals surface area contributed by atoms with Gasteiger partial charge in [-0.1, -0.05) is 11.6 Å². The molecule has 2 rings (SSSR count). The topological polar surface area (TPSA) is 20.3 Å². The predicted molar refractivity (Wildman–Crippen MR) is 67.4 cm³/mol. The number of halogens is 1. The molecule has 0 spiro atoms. The Bertz CT molecular complexity index is 403. The number of fused-ring (bicyclic) bond motifs is 1. The number of benzene rings is 1. The van der Waals surface area contributed by atoms with E-state index in [9.17, 15) is 4.79 Å². The highest BCUT2D eigenvalue weighted by Crippen LogP contribution is 2.40. The van der Waals surface area contributed by atoms with Gasteiger partial charge < -0.3 is 9.69 Å². The quantitative estimate of drug-likeness (QED) is 0.753. The smallest absolute Gasteiger partial charge is 0.120 e. The minimum absolute atomic E-state index is 0.300. The zero-order chi connectivity index (χ0) is 11.7. The van der Waals surface area contributed by atoms with E-state index >= 15 is 0 Å². The van der Waals surface area contributed by atoms with Gasteiger partial charge in [-0.05, 0) is 37.6 Å². The molecule has 0 bridgehead atoms. The molecular formula is C13H16ClNO. The average Bonchev–Trinajstić information content (AvgIpc) is 2.58. The van der Waals surface area contributed by atoms with Crippen molar-refractivity contribution in [3.8, 4) is 0 Å². The molecule has 0 saturated carbocycles. The number of anilines is 1. The molecular weight excluding hydrogens is 222 g/mol. The van der Waals surface area contributed by atoms with E-state index in [4.69, 9.17) is 11.6 Å². The molecule has 1 aromatic carbocycles. The summed E-state index contributed by atoms with van der Waals surface area (Å²) in [6.45, 7) is 5.26. The van der Waals surface area contributed by atoms with Crippen molar-refractivity contribution in [2.24, 2.45) is 0 Å². The second-order valence-corrected chi connectivity index (χ2v) is 4.98. The van der Waals surface area contributed by atoms with Crippen LogP contribution in [0.5, 0.6) is 0 Å². The van der Waals surface area contributed by atoms with Crippen molar-refractivity contribution in [1.29, 1.82) is 0 Å². The maximum absolute atomic E-state index is 10.7. The maximum atomic E-state index is 10.7. The zero-order valence-electron chi connectivity index (χ0n) is 9.61. The summed E-state index contributed by atoms with van der Waals surface area (Å²) in [6, 6.07) is 6.42. The van der Waals surface area contributed by atoms with Crippen LogP contribution in [0, 0.1) is 0 Å². The molecule has 0 radical (unpaired) electrons. The van der Waals surface area contributed by atoms with Gasteiger partial charge in [0.25, 0.3) is 0 Å². The lowest BCUT2D eigenvalue weighted by Gasteiger charge is -2.24. The standard InChI is InChI=1S/C13H16ClNO/c1-9(2)15-8-10(5-6-16)12-7-11(14)3-4-13(12)15/h3-4,6-7,9-10H,5,8H2,1-2H3. The Morgan fingerprint density at radius 3 is 2.94 bits per heavy atom. The third-order valence-corrected chi connectivity index (χ3v) is 3.40. The molecule has 1 unspecified atom stereocenters. The number of carbonyl (C=O) groups excluding carboxylic acids is 1. The van der Waals surface area contributed by atoms with Crippen LogP contribution in [0.1, 0.15) is 31.7 Å². The number of hydrogen-bond acceptors (Lipinski definition) is 2. The first kappa shape index (κ1) is 11.5. The molecule has 2 nitrogen and oxygen atoms in total. The first-order valence-corrected chi connectivity index (χ1v) is 6.01. The van der Waals surface area contributed by atoms with Crippen LogP contribution in [-0.2, 0) is 4.79 Å². The van der Waals surface area contributed by atoms with Gasteiger partial charge in [0.1, 0.15) is 6.29 Å². The first-order valence-electron chi connectivity index (χ1n) is 5.63. The molecule has 0 N–H and O–H groups in total. The molecule has 86 valence electrons. The third-order valence-electron chi connectivity index (χ3n) is 3.16. The fourth-order valence-electron chi connectivity index (χ4n) is 2.35. The summed E-state index contributed by atoms with van der Waals surface area (Å²) in [5.74, 6) is 0.300. The molecule has 0 fully saturated rings. The van der Waals surface area contributed by atoms with Crippen molar-refractivity contribution in [3.63, 3.8) is 0 Å². The summed E-state index contributed by atoms with van der Waals surface area (Å²) in [6.07, 6.45) is 1.58. The Morgan fingerprint density at radius 2 is 2.31 bits per heavy atom. The van der Waals surface area contributed by atoms with Gasteiger partial charge in [-0.2, -0.15) is 0 Å². The Labute approximate surface area is 101 Å². The van der Waals surface area contributed by atoms with Crippen LogP contribution in [-0.4, -0.2) is 18.9 Å². The molecule has 0 amide bonds. The fourth-order valence-corrected chi connectivity index (χ4v) is 2.54. The summed E-state index contributed by atoms with van der Waals surface area (Å²) >= 11 is 6.01. The van der Waals surface area contributed by atoms with E-state index in [-0.39, 0.29) is 0 Å². The van der Waals surface area contributed by atoms with Gasteiger partial charge in [-0.3, -0.25) is 0 Å². The van der Waals surface area contributed by atoms with Crippen molar-refractivity contribution >= 4 is 23.6 Å². The van der Waals surface area contributed by atoms with Gasteiger partial charge in [-0.15, -0.1) is 0 Å². The summed E-state index contributed by atoms with van der Waals surface area (Å²) < 4.78 is 0. The SMILES string of the molecule is CC(C)N1CC(CC=O)c2cc(Cl)ccc21. The molecule has 0 aromatic heterocycles. The molecule has 0 aliphatic carbocycles. The zero-order valence-corrected chi connectivity index (χ0v) is 10.4. The van der Waals surface area contributed by atoms with Gasteiger partial charge in [0.05, 0.1) is 0 Å².